The lowest BCUT2D eigenvalue weighted by Gasteiger charge is -2.35. The summed E-state index contributed by atoms with van der Waals surface area (Å²) >= 11 is 9.43. The fourth-order valence-electron chi connectivity index (χ4n) is 2.28. The summed E-state index contributed by atoms with van der Waals surface area (Å²) in [5, 5.41) is 0. The van der Waals surface area contributed by atoms with Gasteiger partial charge in [-0.15, -0.1) is 11.6 Å². The van der Waals surface area contributed by atoms with Crippen LogP contribution in [0.4, 0.5) is 4.39 Å². The summed E-state index contributed by atoms with van der Waals surface area (Å²) in [4.78, 5) is 0. The van der Waals surface area contributed by atoms with E-state index >= 15 is 0 Å². The minimum absolute atomic E-state index is 0.110. The smallest absolute Gasteiger partial charge is 0.126 e. The molecule has 0 N–H and O–H groups in total. The van der Waals surface area contributed by atoms with E-state index < -0.39 is 0 Å². The number of alkyl halides is 1. The quantitative estimate of drug-likeness (QED) is 0.759. The summed E-state index contributed by atoms with van der Waals surface area (Å²) in [6, 6.07) is 5.03. The fraction of sp³-hybridized carbons (Fsp3) is 0.538. The van der Waals surface area contributed by atoms with Gasteiger partial charge in [-0.2, -0.15) is 0 Å². The lowest BCUT2D eigenvalue weighted by molar-refractivity contribution is 0.00439. The first-order valence-electron chi connectivity index (χ1n) is 5.73. The van der Waals surface area contributed by atoms with Crippen molar-refractivity contribution < 1.29 is 9.13 Å². The SMILES string of the molecule is Fc1ccc(Br)cc1CC1(CCl)CCCOC1. The lowest BCUT2D eigenvalue weighted by Crippen LogP contribution is -2.36. The summed E-state index contributed by atoms with van der Waals surface area (Å²) < 4.78 is 20.1. The molecule has 4 heteroatoms. The third-order valence-electron chi connectivity index (χ3n) is 3.26. The van der Waals surface area contributed by atoms with Gasteiger partial charge in [-0.25, -0.2) is 4.39 Å². The zero-order valence-electron chi connectivity index (χ0n) is 9.52. The van der Waals surface area contributed by atoms with Gasteiger partial charge in [0.25, 0.3) is 0 Å². The van der Waals surface area contributed by atoms with Crippen LogP contribution in [0.3, 0.4) is 0 Å². The van der Waals surface area contributed by atoms with E-state index in [0.717, 1.165) is 23.9 Å². The van der Waals surface area contributed by atoms with Crippen LogP contribution in [-0.2, 0) is 11.2 Å². The molecule has 2 rings (SSSR count). The van der Waals surface area contributed by atoms with Crippen molar-refractivity contribution in [1.82, 2.24) is 0 Å². The number of hydrogen-bond donors (Lipinski definition) is 0. The second kappa shape index (κ2) is 5.68. The van der Waals surface area contributed by atoms with Crippen LogP contribution in [0.1, 0.15) is 18.4 Å². The first kappa shape index (κ1) is 13.3. The van der Waals surface area contributed by atoms with Crippen molar-refractivity contribution in [2.45, 2.75) is 19.3 Å². The highest BCUT2D eigenvalue weighted by molar-refractivity contribution is 9.10. The summed E-state index contributed by atoms with van der Waals surface area (Å²) in [5.74, 6) is 0.349. The molecule has 0 amide bonds. The van der Waals surface area contributed by atoms with E-state index in [1.54, 1.807) is 6.07 Å². The van der Waals surface area contributed by atoms with Crippen LogP contribution in [0.25, 0.3) is 0 Å². The van der Waals surface area contributed by atoms with Crippen LogP contribution in [0.2, 0.25) is 0 Å². The Kier molecular flexibility index (Phi) is 4.45. The van der Waals surface area contributed by atoms with Gasteiger partial charge in [-0.3, -0.25) is 0 Å². The maximum Gasteiger partial charge on any atom is 0.126 e. The molecular formula is C13H15BrClFO. The third-order valence-corrected chi connectivity index (χ3v) is 4.32. The Hall–Kier alpha value is -0.120. The average Bonchev–Trinajstić information content (AvgIpc) is 2.35. The van der Waals surface area contributed by atoms with Crippen molar-refractivity contribution >= 4 is 27.5 Å². The standard InChI is InChI=1S/C13H15BrClFO/c14-11-2-3-12(16)10(6-11)7-13(8-15)4-1-5-17-9-13/h2-3,6H,1,4-5,7-9H2. The van der Waals surface area contributed by atoms with Gasteiger partial charge in [0.05, 0.1) is 6.61 Å². The minimum atomic E-state index is -0.164. The van der Waals surface area contributed by atoms with Crippen molar-refractivity contribution in [2.75, 3.05) is 19.1 Å². The van der Waals surface area contributed by atoms with E-state index in [-0.39, 0.29) is 11.2 Å². The molecule has 17 heavy (non-hydrogen) atoms. The molecule has 0 bridgehead atoms. The molecule has 1 fully saturated rings. The summed E-state index contributed by atoms with van der Waals surface area (Å²) in [5.41, 5.74) is 0.604. The Morgan fingerprint density at radius 2 is 2.29 bits per heavy atom. The maximum absolute atomic E-state index is 13.7. The van der Waals surface area contributed by atoms with Gasteiger partial charge in [0.1, 0.15) is 5.82 Å². The molecule has 1 heterocycles. The molecule has 0 saturated carbocycles. The first-order chi connectivity index (χ1) is 8.15. The van der Waals surface area contributed by atoms with Crippen LogP contribution in [0, 0.1) is 11.2 Å². The molecule has 1 nitrogen and oxygen atoms in total. The van der Waals surface area contributed by atoms with E-state index in [1.165, 1.54) is 6.07 Å². The van der Waals surface area contributed by atoms with Gasteiger partial charge in [0.15, 0.2) is 0 Å². The predicted molar refractivity (Wildman–Crippen MR) is 71.0 cm³/mol. The molecule has 1 unspecified atom stereocenters. The number of hydrogen-bond acceptors (Lipinski definition) is 1. The van der Waals surface area contributed by atoms with Gasteiger partial charge in [0.2, 0.25) is 0 Å². The van der Waals surface area contributed by atoms with E-state index in [2.05, 4.69) is 15.9 Å². The van der Waals surface area contributed by atoms with Crippen LogP contribution in [0.5, 0.6) is 0 Å². The zero-order valence-corrected chi connectivity index (χ0v) is 11.9. The molecule has 94 valence electrons. The second-order valence-corrected chi connectivity index (χ2v) is 5.89. The predicted octanol–water partition coefficient (Wildman–Crippen LogP) is 4.17. The lowest BCUT2D eigenvalue weighted by atomic mass is 9.79. The zero-order chi connectivity index (χ0) is 12.3. The molecule has 1 atom stereocenters. The summed E-state index contributed by atoms with van der Waals surface area (Å²) in [6.07, 6.45) is 2.65. The molecule has 1 aromatic carbocycles. The van der Waals surface area contributed by atoms with Gasteiger partial charge >= 0.3 is 0 Å². The average molecular weight is 322 g/mol. The van der Waals surface area contributed by atoms with Gasteiger partial charge in [-0.1, -0.05) is 15.9 Å². The molecule has 1 aliphatic rings. The number of rotatable bonds is 3. The summed E-state index contributed by atoms with van der Waals surface area (Å²) in [7, 11) is 0. The van der Waals surface area contributed by atoms with Crippen molar-refractivity contribution in [3.05, 3.63) is 34.1 Å². The molecule has 0 spiro atoms. The highest BCUT2D eigenvalue weighted by Crippen LogP contribution is 2.35. The van der Waals surface area contributed by atoms with Crippen LogP contribution in [-0.4, -0.2) is 19.1 Å². The van der Waals surface area contributed by atoms with Gasteiger partial charge in [0, 0.05) is 22.4 Å². The Morgan fingerprint density at radius 1 is 1.47 bits per heavy atom. The van der Waals surface area contributed by atoms with E-state index in [1.807, 2.05) is 6.07 Å². The monoisotopic (exact) mass is 320 g/mol. The number of halogens is 3. The molecule has 0 aromatic heterocycles. The Morgan fingerprint density at radius 3 is 2.94 bits per heavy atom. The Labute approximate surface area is 114 Å². The molecule has 0 radical (unpaired) electrons. The van der Waals surface area contributed by atoms with E-state index in [0.29, 0.717) is 24.5 Å². The molecule has 0 aliphatic carbocycles. The van der Waals surface area contributed by atoms with Crippen molar-refractivity contribution in [3.8, 4) is 0 Å². The molecule has 1 aromatic rings. The topological polar surface area (TPSA) is 9.23 Å². The van der Waals surface area contributed by atoms with E-state index in [4.69, 9.17) is 16.3 Å². The minimum Gasteiger partial charge on any atom is -0.381 e. The third kappa shape index (κ3) is 3.21. The Bertz CT molecular complexity index is 391. The van der Waals surface area contributed by atoms with Crippen LogP contribution in [0.15, 0.2) is 22.7 Å². The largest absolute Gasteiger partial charge is 0.381 e. The van der Waals surface area contributed by atoms with Crippen LogP contribution < -0.4 is 0 Å². The first-order valence-corrected chi connectivity index (χ1v) is 7.06. The Balaban J connectivity index is 2.20. The molecule has 1 aliphatic heterocycles. The molecule has 1 saturated heterocycles. The highest BCUT2D eigenvalue weighted by Gasteiger charge is 2.33. The van der Waals surface area contributed by atoms with Crippen molar-refractivity contribution in [3.63, 3.8) is 0 Å². The second-order valence-electron chi connectivity index (χ2n) is 4.70. The number of benzene rings is 1. The van der Waals surface area contributed by atoms with E-state index in [9.17, 15) is 4.39 Å². The van der Waals surface area contributed by atoms with Gasteiger partial charge in [-0.05, 0) is 43.0 Å². The van der Waals surface area contributed by atoms with Gasteiger partial charge < -0.3 is 4.74 Å². The van der Waals surface area contributed by atoms with Crippen molar-refractivity contribution in [1.29, 1.82) is 0 Å². The van der Waals surface area contributed by atoms with Crippen LogP contribution >= 0.6 is 27.5 Å². The normalized spacial score (nSPS) is 24.9. The van der Waals surface area contributed by atoms with Crippen molar-refractivity contribution in [2.24, 2.45) is 5.41 Å². The number of ether oxygens (including phenoxy) is 1. The fourth-order valence-corrected chi connectivity index (χ4v) is 3.00. The maximum atomic E-state index is 13.7. The summed E-state index contributed by atoms with van der Waals surface area (Å²) in [6.45, 7) is 1.42. The highest BCUT2D eigenvalue weighted by atomic mass is 79.9. The molecular weight excluding hydrogens is 306 g/mol.